The number of thiazole rings is 1. The Kier molecular flexibility index (Phi) is 7.14. The lowest BCUT2D eigenvalue weighted by atomic mass is 9.88. The molecular formula is C24H29N3S2. The van der Waals surface area contributed by atoms with Gasteiger partial charge in [-0.1, -0.05) is 39.5 Å². The summed E-state index contributed by atoms with van der Waals surface area (Å²) >= 11 is 5.98. The van der Waals surface area contributed by atoms with Gasteiger partial charge in [0.2, 0.25) is 0 Å². The number of nitrogens with zero attached hydrogens (tertiary/aromatic N) is 2. The van der Waals surface area contributed by atoms with Crippen LogP contribution >= 0.6 is 24.0 Å². The van der Waals surface area contributed by atoms with Gasteiger partial charge in [-0.15, -0.1) is 24.0 Å². The van der Waals surface area contributed by atoms with Crippen LogP contribution in [0.2, 0.25) is 0 Å². The minimum absolute atomic E-state index is 0.420. The van der Waals surface area contributed by atoms with Gasteiger partial charge in [0, 0.05) is 45.3 Å². The molecule has 152 valence electrons. The SMILES string of the molecule is C=C(Nc1nc(C)cs1)c1cc(Cc2ccc(S)cc2)nc(C(CC)C(C)C)c1. The first-order chi connectivity index (χ1) is 13.9. The molecule has 0 saturated carbocycles. The van der Waals surface area contributed by atoms with E-state index in [0.29, 0.717) is 11.8 Å². The van der Waals surface area contributed by atoms with Gasteiger partial charge in [-0.05, 0) is 49.1 Å². The monoisotopic (exact) mass is 423 g/mol. The van der Waals surface area contributed by atoms with Crippen LogP contribution in [0.15, 0.2) is 53.3 Å². The lowest BCUT2D eigenvalue weighted by molar-refractivity contribution is 0.474. The fraction of sp³-hybridized carbons (Fsp3) is 0.333. The molecule has 0 amide bonds. The van der Waals surface area contributed by atoms with E-state index in [-0.39, 0.29) is 0 Å². The maximum atomic E-state index is 5.04. The maximum Gasteiger partial charge on any atom is 0.187 e. The minimum atomic E-state index is 0.420. The van der Waals surface area contributed by atoms with Crippen molar-refractivity contribution in [1.82, 2.24) is 9.97 Å². The number of pyridine rings is 1. The zero-order chi connectivity index (χ0) is 21.0. The van der Waals surface area contributed by atoms with Gasteiger partial charge in [-0.2, -0.15) is 0 Å². The molecule has 2 aromatic heterocycles. The summed E-state index contributed by atoms with van der Waals surface area (Å²) in [6.07, 6.45) is 1.85. The third-order valence-electron chi connectivity index (χ3n) is 5.07. The molecular weight excluding hydrogens is 394 g/mol. The molecule has 29 heavy (non-hydrogen) atoms. The van der Waals surface area contributed by atoms with Crippen molar-refractivity contribution >= 4 is 34.8 Å². The second-order valence-corrected chi connectivity index (χ2v) is 9.15. The van der Waals surface area contributed by atoms with E-state index in [1.807, 2.05) is 24.4 Å². The number of rotatable bonds is 8. The number of hydrogen-bond donors (Lipinski definition) is 2. The smallest absolute Gasteiger partial charge is 0.187 e. The van der Waals surface area contributed by atoms with E-state index in [2.05, 4.69) is 74.5 Å². The zero-order valence-electron chi connectivity index (χ0n) is 17.6. The van der Waals surface area contributed by atoms with Crippen LogP contribution in [0, 0.1) is 12.8 Å². The van der Waals surface area contributed by atoms with Gasteiger partial charge >= 0.3 is 0 Å². The molecule has 1 aromatic carbocycles. The van der Waals surface area contributed by atoms with Gasteiger partial charge in [0.05, 0.1) is 5.69 Å². The highest BCUT2D eigenvalue weighted by Crippen LogP contribution is 2.30. The Labute approximate surface area is 183 Å². The first kappa shape index (κ1) is 21.6. The van der Waals surface area contributed by atoms with Crippen molar-refractivity contribution in [2.24, 2.45) is 5.92 Å². The molecule has 0 saturated heterocycles. The van der Waals surface area contributed by atoms with E-state index < -0.39 is 0 Å². The van der Waals surface area contributed by atoms with Crippen molar-refractivity contribution in [1.29, 1.82) is 0 Å². The van der Waals surface area contributed by atoms with E-state index in [1.54, 1.807) is 11.3 Å². The molecule has 0 fully saturated rings. The summed E-state index contributed by atoms with van der Waals surface area (Å²) in [5.41, 5.74) is 6.36. The number of benzene rings is 1. The average molecular weight is 424 g/mol. The van der Waals surface area contributed by atoms with Crippen LogP contribution in [0.1, 0.15) is 61.3 Å². The zero-order valence-corrected chi connectivity index (χ0v) is 19.3. The second kappa shape index (κ2) is 9.59. The number of thiol groups is 1. The predicted octanol–water partition coefficient (Wildman–Crippen LogP) is 6.96. The Balaban J connectivity index is 1.95. The van der Waals surface area contributed by atoms with Crippen molar-refractivity contribution in [3.8, 4) is 0 Å². The molecule has 0 bridgehead atoms. The summed E-state index contributed by atoms with van der Waals surface area (Å²) in [7, 11) is 0. The molecule has 5 heteroatoms. The van der Waals surface area contributed by atoms with Crippen molar-refractivity contribution in [2.45, 2.75) is 51.3 Å². The number of aromatic nitrogens is 2. The Hall–Kier alpha value is -2.11. The van der Waals surface area contributed by atoms with E-state index in [0.717, 1.165) is 51.2 Å². The highest BCUT2D eigenvalue weighted by molar-refractivity contribution is 7.80. The third kappa shape index (κ3) is 5.71. The van der Waals surface area contributed by atoms with Crippen LogP contribution in [0.25, 0.3) is 5.70 Å². The van der Waals surface area contributed by atoms with Crippen LogP contribution in [0.5, 0.6) is 0 Å². The Morgan fingerprint density at radius 1 is 1.17 bits per heavy atom. The Morgan fingerprint density at radius 3 is 2.48 bits per heavy atom. The molecule has 0 radical (unpaired) electrons. The number of aryl methyl sites for hydroxylation is 1. The summed E-state index contributed by atoms with van der Waals surface area (Å²) in [6, 6.07) is 12.6. The van der Waals surface area contributed by atoms with Gasteiger partial charge in [-0.3, -0.25) is 4.98 Å². The number of anilines is 1. The van der Waals surface area contributed by atoms with Gasteiger partial charge in [0.15, 0.2) is 5.13 Å². The molecule has 1 N–H and O–H groups in total. The molecule has 0 aliphatic rings. The molecule has 3 nitrogen and oxygen atoms in total. The predicted molar refractivity (Wildman–Crippen MR) is 128 cm³/mol. The summed E-state index contributed by atoms with van der Waals surface area (Å²) in [4.78, 5) is 10.5. The van der Waals surface area contributed by atoms with Crippen LogP contribution in [0.4, 0.5) is 5.13 Å². The molecule has 0 aliphatic carbocycles. The Bertz CT molecular complexity index is 974. The van der Waals surface area contributed by atoms with Gasteiger partial charge in [-0.25, -0.2) is 4.98 Å². The fourth-order valence-corrected chi connectivity index (χ4v) is 4.39. The van der Waals surface area contributed by atoms with E-state index in [4.69, 9.17) is 4.98 Å². The highest BCUT2D eigenvalue weighted by Gasteiger charge is 2.18. The first-order valence-corrected chi connectivity index (χ1v) is 11.4. The van der Waals surface area contributed by atoms with Crippen molar-refractivity contribution < 1.29 is 0 Å². The van der Waals surface area contributed by atoms with Crippen LogP contribution in [-0.2, 0) is 6.42 Å². The third-order valence-corrected chi connectivity index (χ3v) is 6.24. The molecule has 3 aromatic rings. The molecule has 0 aliphatic heterocycles. The molecule has 3 rings (SSSR count). The summed E-state index contributed by atoms with van der Waals surface area (Å²) in [5.74, 6) is 0.949. The molecule has 1 unspecified atom stereocenters. The lowest BCUT2D eigenvalue weighted by Crippen LogP contribution is -2.11. The standard InChI is InChI=1S/C24H29N3S2/c1-6-22(15(2)3)23-13-19(17(5)26-24-25-16(4)14-29-24)12-20(27-23)11-18-7-9-21(28)10-8-18/h7-10,12-15,22,28H,5-6,11H2,1-4H3,(H,25,26). The second-order valence-electron chi connectivity index (χ2n) is 7.77. The summed E-state index contributed by atoms with van der Waals surface area (Å²) < 4.78 is 0. The van der Waals surface area contributed by atoms with Gasteiger partial charge < -0.3 is 5.32 Å². The van der Waals surface area contributed by atoms with Crippen molar-refractivity contribution in [2.75, 3.05) is 5.32 Å². The van der Waals surface area contributed by atoms with Gasteiger partial charge in [0.1, 0.15) is 0 Å². The van der Waals surface area contributed by atoms with E-state index >= 15 is 0 Å². The maximum absolute atomic E-state index is 5.04. The number of hydrogen-bond acceptors (Lipinski definition) is 5. The quantitative estimate of drug-likeness (QED) is 0.385. The van der Waals surface area contributed by atoms with E-state index in [9.17, 15) is 0 Å². The first-order valence-electron chi connectivity index (χ1n) is 10.0. The topological polar surface area (TPSA) is 37.8 Å². The largest absolute Gasteiger partial charge is 0.332 e. The normalized spacial score (nSPS) is 12.2. The Morgan fingerprint density at radius 2 is 1.90 bits per heavy atom. The highest BCUT2D eigenvalue weighted by atomic mass is 32.1. The van der Waals surface area contributed by atoms with Crippen molar-refractivity contribution in [3.63, 3.8) is 0 Å². The fourth-order valence-electron chi connectivity index (χ4n) is 3.52. The van der Waals surface area contributed by atoms with Crippen LogP contribution < -0.4 is 5.32 Å². The molecule has 2 heterocycles. The minimum Gasteiger partial charge on any atom is -0.332 e. The summed E-state index contributed by atoms with van der Waals surface area (Å²) in [5, 5.41) is 6.27. The van der Waals surface area contributed by atoms with Crippen LogP contribution in [-0.4, -0.2) is 9.97 Å². The molecule has 1 atom stereocenters. The van der Waals surface area contributed by atoms with Crippen LogP contribution in [0.3, 0.4) is 0 Å². The van der Waals surface area contributed by atoms with Crippen molar-refractivity contribution in [3.05, 3.63) is 76.6 Å². The lowest BCUT2D eigenvalue weighted by Gasteiger charge is -2.21. The van der Waals surface area contributed by atoms with E-state index in [1.165, 1.54) is 5.56 Å². The average Bonchev–Trinajstić information content (AvgIpc) is 3.08. The number of nitrogens with one attached hydrogen (secondary N) is 1. The molecule has 0 spiro atoms. The summed E-state index contributed by atoms with van der Waals surface area (Å²) in [6.45, 7) is 13.0. The van der Waals surface area contributed by atoms with Gasteiger partial charge in [0.25, 0.3) is 0 Å².